The number of alkyl halides is 3. The van der Waals surface area contributed by atoms with Crippen molar-refractivity contribution in [1.82, 2.24) is 5.43 Å². The molecule has 0 unspecified atom stereocenters. The van der Waals surface area contributed by atoms with Gasteiger partial charge in [-0.2, -0.15) is 18.3 Å². The van der Waals surface area contributed by atoms with Crippen LogP contribution in [0.2, 0.25) is 0 Å². The number of rotatable bonds is 8. The Bertz CT molecular complexity index is 1280. The highest BCUT2D eigenvalue weighted by molar-refractivity contribution is 14.1. The molecule has 0 saturated carbocycles. The summed E-state index contributed by atoms with van der Waals surface area (Å²) in [5.41, 5.74) is 2.43. The van der Waals surface area contributed by atoms with Crippen LogP contribution in [0.15, 0.2) is 65.8 Å². The van der Waals surface area contributed by atoms with Gasteiger partial charge in [0.15, 0.2) is 11.5 Å². The third kappa shape index (κ3) is 6.94. The van der Waals surface area contributed by atoms with E-state index in [0.717, 1.165) is 18.2 Å². The normalized spacial score (nSPS) is 11.3. The highest BCUT2D eigenvalue weighted by Gasteiger charge is 2.30. The Morgan fingerprint density at radius 2 is 1.80 bits per heavy atom. The topological polar surface area (TPSA) is 97.2 Å². The lowest BCUT2D eigenvalue weighted by atomic mass is 10.1. The smallest absolute Gasteiger partial charge is 0.416 e. The van der Waals surface area contributed by atoms with Crippen LogP contribution in [-0.4, -0.2) is 30.3 Å². The first-order valence-electron chi connectivity index (χ1n) is 9.91. The predicted molar refractivity (Wildman–Crippen MR) is 130 cm³/mol. The van der Waals surface area contributed by atoms with E-state index >= 15 is 0 Å². The number of carbonyl (C=O) groups excluding carboxylic acids is 1. The Kier molecular flexibility index (Phi) is 8.33. The number of hydrazone groups is 1. The summed E-state index contributed by atoms with van der Waals surface area (Å²) in [6.07, 6.45) is -3.24. The first kappa shape index (κ1) is 26.0. The fourth-order valence-corrected chi connectivity index (χ4v) is 3.75. The molecular weight excluding hydrogens is 580 g/mol. The summed E-state index contributed by atoms with van der Waals surface area (Å²) in [6, 6.07) is 13.7. The number of benzene rings is 3. The fraction of sp³-hybridized carbons (Fsp3) is 0.125. The van der Waals surface area contributed by atoms with Crippen molar-refractivity contribution in [3.63, 3.8) is 0 Å². The van der Waals surface area contributed by atoms with Crippen LogP contribution in [0.4, 0.5) is 13.2 Å². The molecule has 0 heterocycles. The average Bonchev–Trinajstić information content (AvgIpc) is 2.82. The largest absolute Gasteiger partial charge is 0.493 e. The van der Waals surface area contributed by atoms with Crippen molar-refractivity contribution in [3.8, 4) is 11.5 Å². The second-order valence-corrected chi connectivity index (χ2v) is 8.27. The molecule has 0 aliphatic heterocycles. The number of hydrogen-bond donors (Lipinski definition) is 2. The number of nitrogens with zero attached hydrogens (tertiary/aromatic N) is 1. The van der Waals surface area contributed by atoms with Gasteiger partial charge in [0.2, 0.25) is 0 Å². The van der Waals surface area contributed by atoms with Crippen molar-refractivity contribution in [2.24, 2.45) is 5.10 Å². The minimum absolute atomic E-state index is 0.105. The molecule has 3 aromatic rings. The van der Waals surface area contributed by atoms with Crippen LogP contribution in [0.3, 0.4) is 0 Å². The Labute approximate surface area is 211 Å². The van der Waals surface area contributed by atoms with Crippen molar-refractivity contribution in [3.05, 3.63) is 92.1 Å². The number of halogens is 4. The molecule has 3 rings (SSSR count). The summed E-state index contributed by atoms with van der Waals surface area (Å²) in [6.45, 7) is 0.105. The molecule has 0 spiro atoms. The first-order valence-corrected chi connectivity index (χ1v) is 11.0. The van der Waals surface area contributed by atoms with Gasteiger partial charge in [-0.05, 0) is 76.2 Å². The van der Waals surface area contributed by atoms with Crippen molar-refractivity contribution >= 4 is 40.7 Å². The SMILES string of the molecule is COc1cc(/C=N/NC(=O)c2cccc(C(F)(F)F)c2)cc(I)c1OCc1cccc(C(=O)O)c1. The molecule has 0 atom stereocenters. The zero-order chi connectivity index (χ0) is 25.6. The summed E-state index contributed by atoms with van der Waals surface area (Å²) in [4.78, 5) is 23.3. The lowest BCUT2D eigenvalue weighted by Gasteiger charge is -2.14. The van der Waals surface area contributed by atoms with Gasteiger partial charge < -0.3 is 14.6 Å². The number of carboxylic acids is 1. The third-order valence-electron chi connectivity index (χ3n) is 4.64. The number of carbonyl (C=O) groups is 2. The van der Waals surface area contributed by atoms with E-state index in [4.69, 9.17) is 14.6 Å². The monoisotopic (exact) mass is 598 g/mol. The number of methoxy groups -OCH3 is 1. The third-order valence-corrected chi connectivity index (χ3v) is 5.44. The Morgan fingerprint density at radius 1 is 1.09 bits per heavy atom. The van der Waals surface area contributed by atoms with Gasteiger partial charge in [-0.25, -0.2) is 10.2 Å². The fourth-order valence-electron chi connectivity index (χ4n) is 2.97. The summed E-state index contributed by atoms with van der Waals surface area (Å²) in [7, 11) is 1.44. The van der Waals surface area contributed by atoms with Gasteiger partial charge >= 0.3 is 12.1 Å². The van der Waals surface area contributed by atoms with Gasteiger partial charge in [0, 0.05) is 5.56 Å². The number of hydrogen-bond acceptors (Lipinski definition) is 5. The van der Waals surface area contributed by atoms with E-state index in [2.05, 4.69) is 10.5 Å². The molecular formula is C24H18F3IN2O5. The molecule has 35 heavy (non-hydrogen) atoms. The minimum Gasteiger partial charge on any atom is -0.493 e. The van der Waals surface area contributed by atoms with Crippen molar-refractivity contribution in [1.29, 1.82) is 0 Å². The van der Waals surface area contributed by atoms with E-state index in [0.29, 0.717) is 26.2 Å². The molecule has 0 aliphatic rings. The van der Waals surface area contributed by atoms with Crippen LogP contribution in [0.25, 0.3) is 0 Å². The molecule has 182 valence electrons. The quantitative estimate of drug-likeness (QED) is 0.207. The molecule has 7 nitrogen and oxygen atoms in total. The molecule has 3 aromatic carbocycles. The molecule has 0 fully saturated rings. The van der Waals surface area contributed by atoms with Crippen molar-refractivity contribution in [2.45, 2.75) is 12.8 Å². The van der Waals surface area contributed by atoms with Gasteiger partial charge in [0.05, 0.1) is 28.0 Å². The molecule has 2 N–H and O–H groups in total. The number of aromatic carboxylic acids is 1. The maximum Gasteiger partial charge on any atom is 0.416 e. The van der Waals surface area contributed by atoms with Gasteiger partial charge in [0.25, 0.3) is 5.91 Å². The summed E-state index contributed by atoms with van der Waals surface area (Å²) < 4.78 is 50.4. The van der Waals surface area contributed by atoms with Crippen LogP contribution in [-0.2, 0) is 12.8 Å². The van der Waals surface area contributed by atoms with Crippen molar-refractivity contribution in [2.75, 3.05) is 7.11 Å². The van der Waals surface area contributed by atoms with Gasteiger partial charge in [-0.15, -0.1) is 0 Å². The maximum absolute atomic E-state index is 12.8. The van der Waals surface area contributed by atoms with E-state index in [1.807, 2.05) is 22.6 Å². The number of amides is 1. The van der Waals surface area contributed by atoms with Gasteiger partial charge in [-0.1, -0.05) is 18.2 Å². The molecule has 0 bridgehead atoms. The number of carboxylic acid groups (broad SMARTS) is 1. The second-order valence-electron chi connectivity index (χ2n) is 7.11. The first-order chi connectivity index (χ1) is 16.6. The van der Waals surface area contributed by atoms with Gasteiger partial charge in [-0.3, -0.25) is 4.79 Å². The van der Waals surface area contributed by atoms with E-state index in [9.17, 15) is 22.8 Å². The predicted octanol–water partition coefficient (Wildman–Crippen LogP) is 5.36. The lowest BCUT2D eigenvalue weighted by Crippen LogP contribution is -2.18. The van der Waals surface area contributed by atoms with E-state index in [-0.39, 0.29) is 17.7 Å². The second kappa shape index (κ2) is 11.2. The highest BCUT2D eigenvalue weighted by atomic mass is 127. The number of nitrogens with one attached hydrogen (secondary N) is 1. The van der Waals surface area contributed by atoms with Crippen molar-refractivity contribution < 1.29 is 37.3 Å². The summed E-state index contributed by atoms with van der Waals surface area (Å²) in [5.74, 6) is -1.03. The van der Waals surface area contributed by atoms with E-state index < -0.39 is 23.6 Å². The average molecular weight is 598 g/mol. The Hall–Kier alpha value is -3.61. The maximum atomic E-state index is 12.8. The van der Waals surface area contributed by atoms with E-state index in [1.54, 1.807) is 24.3 Å². The summed E-state index contributed by atoms with van der Waals surface area (Å²) in [5, 5.41) is 12.9. The van der Waals surface area contributed by atoms with E-state index in [1.165, 1.54) is 31.5 Å². The minimum atomic E-state index is -4.56. The molecule has 1 amide bonds. The molecule has 0 aliphatic carbocycles. The van der Waals surface area contributed by atoms with Crippen LogP contribution in [0.1, 0.15) is 37.4 Å². The summed E-state index contributed by atoms with van der Waals surface area (Å²) >= 11 is 2.03. The van der Waals surface area contributed by atoms with Gasteiger partial charge in [0.1, 0.15) is 6.61 Å². The molecule has 0 aromatic heterocycles. The standard InChI is InChI=1S/C24H18F3IN2O5/c1-34-20-10-15(12-29-30-22(31)16-5-3-7-18(11-16)24(25,26)27)9-19(28)21(20)35-13-14-4-2-6-17(8-14)23(32)33/h2-12H,13H2,1H3,(H,30,31)(H,32,33)/b29-12+. The lowest BCUT2D eigenvalue weighted by molar-refractivity contribution is -0.137. The van der Waals surface area contributed by atoms with Crippen LogP contribution in [0, 0.1) is 3.57 Å². The molecule has 11 heteroatoms. The van der Waals surface area contributed by atoms with Crippen LogP contribution < -0.4 is 14.9 Å². The number of ether oxygens (including phenoxy) is 2. The molecule has 0 radical (unpaired) electrons. The Morgan fingerprint density at radius 3 is 2.49 bits per heavy atom. The zero-order valence-corrected chi connectivity index (χ0v) is 20.3. The van der Waals surface area contributed by atoms with Crippen LogP contribution >= 0.6 is 22.6 Å². The zero-order valence-electron chi connectivity index (χ0n) is 18.1. The highest BCUT2D eigenvalue weighted by Crippen LogP contribution is 2.34. The van der Waals surface area contributed by atoms with Crippen LogP contribution in [0.5, 0.6) is 11.5 Å². The Balaban J connectivity index is 1.70. The molecule has 0 saturated heterocycles.